The molecule has 0 aliphatic carbocycles. The molecule has 0 bridgehead atoms. The minimum atomic E-state index is 0. The summed E-state index contributed by atoms with van der Waals surface area (Å²) in [5, 5.41) is 4.15. The first-order valence-corrected chi connectivity index (χ1v) is 7.21. The van der Waals surface area contributed by atoms with Gasteiger partial charge in [0.05, 0.1) is 0 Å². The summed E-state index contributed by atoms with van der Waals surface area (Å²) in [6.45, 7) is 6.69. The second-order valence-corrected chi connectivity index (χ2v) is 5.34. The Morgan fingerprint density at radius 1 is 1.19 bits per heavy atom. The van der Waals surface area contributed by atoms with Gasteiger partial charge in [-0.15, -0.1) is 24.8 Å². The first-order chi connectivity index (χ1) is 9.29. The highest BCUT2D eigenvalue weighted by molar-refractivity contribution is 6.31. The lowest BCUT2D eigenvalue weighted by molar-refractivity contribution is 0.168. The van der Waals surface area contributed by atoms with Crippen LogP contribution in [0.15, 0.2) is 12.1 Å². The monoisotopic (exact) mass is 354 g/mol. The highest BCUT2D eigenvalue weighted by atomic mass is 35.5. The van der Waals surface area contributed by atoms with Crippen LogP contribution in [0.3, 0.4) is 0 Å². The van der Waals surface area contributed by atoms with Gasteiger partial charge in [-0.3, -0.25) is 4.90 Å². The number of nitrogens with zero attached hydrogens (tertiary/aromatic N) is 1. The lowest BCUT2D eigenvalue weighted by Gasteiger charge is -2.35. The molecule has 0 radical (unpaired) electrons. The first kappa shape index (κ1) is 18.7. The van der Waals surface area contributed by atoms with Gasteiger partial charge in [0.2, 0.25) is 6.79 Å². The number of rotatable bonds is 3. The second-order valence-electron chi connectivity index (χ2n) is 4.94. The summed E-state index contributed by atoms with van der Waals surface area (Å²) in [7, 11) is 0. The molecule has 0 amide bonds. The summed E-state index contributed by atoms with van der Waals surface area (Å²) in [6, 6.07) is 4.27. The SMILES string of the molecule is CC[C@H](c1cc2c(cc1Cl)OCO2)N1CCNCC1.Cl.Cl. The molecule has 21 heavy (non-hydrogen) atoms. The smallest absolute Gasteiger partial charge is 0.231 e. The van der Waals surface area contributed by atoms with Crippen molar-refractivity contribution in [1.82, 2.24) is 10.2 Å². The highest BCUT2D eigenvalue weighted by Crippen LogP contribution is 2.41. The molecule has 1 aromatic rings. The van der Waals surface area contributed by atoms with Crippen molar-refractivity contribution in [1.29, 1.82) is 0 Å². The largest absolute Gasteiger partial charge is 0.454 e. The van der Waals surface area contributed by atoms with Crippen molar-refractivity contribution in [2.75, 3.05) is 33.0 Å². The van der Waals surface area contributed by atoms with E-state index in [2.05, 4.69) is 17.1 Å². The molecule has 1 N–H and O–H groups in total. The van der Waals surface area contributed by atoms with Gasteiger partial charge < -0.3 is 14.8 Å². The molecule has 1 aromatic carbocycles. The first-order valence-electron chi connectivity index (χ1n) is 6.83. The van der Waals surface area contributed by atoms with E-state index in [0.717, 1.165) is 54.7 Å². The van der Waals surface area contributed by atoms with Crippen molar-refractivity contribution < 1.29 is 9.47 Å². The van der Waals surface area contributed by atoms with Gasteiger partial charge in [-0.05, 0) is 18.1 Å². The van der Waals surface area contributed by atoms with Gasteiger partial charge >= 0.3 is 0 Å². The van der Waals surface area contributed by atoms with Crippen LogP contribution in [0.4, 0.5) is 0 Å². The fourth-order valence-electron chi connectivity index (χ4n) is 2.86. The predicted octanol–water partition coefficient (Wildman–Crippen LogP) is 3.27. The number of fused-ring (bicyclic) bond motifs is 1. The van der Waals surface area contributed by atoms with Gasteiger partial charge in [0.1, 0.15) is 0 Å². The molecule has 0 aromatic heterocycles. The van der Waals surface area contributed by atoms with E-state index in [1.807, 2.05) is 12.1 Å². The Morgan fingerprint density at radius 2 is 1.81 bits per heavy atom. The van der Waals surface area contributed by atoms with E-state index in [-0.39, 0.29) is 24.8 Å². The molecule has 120 valence electrons. The Balaban J connectivity index is 0.00000110. The van der Waals surface area contributed by atoms with Gasteiger partial charge in [-0.1, -0.05) is 18.5 Å². The molecule has 7 heteroatoms. The molecule has 1 fully saturated rings. The number of benzene rings is 1. The molecule has 0 spiro atoms. The number of hydrogen-bond acceptors (Lipinski definition) is 4. The van der Waals surface area contributed by atoms with Crippen LogP contribution >= 0.6 is 36.4 Å². The summed E-state index contributed by atoms with van der Waals surface area (Å²) < 4.78 is 10.8. The molecule has 3 rings (SSSR count). The van der Waals surface area contributed by atoms with E-state index in [9.17, 15) is 0 Å². The summed E-state index contributed by atoms with van der Waals surface area (Å²) in [6.07, 6.45) is 1.04. The molecule has 2 aliphatic heterocycles. The van der Waals surface area contributed by atoms with Crippen LogP contribution in [-0.4, -0.2) is 37.9 Å². The summed E-state index contributed by atoms with van der Waals surface area (Å²) in [5.74, 6) is 1.57. The van der Waals surface area contributed by atoms with Gasteiger partial charge in [0.15, 0.2) is 11.5 Å². The fourth-order valence-corrected chi connectivity index (χ4v) is 3.14. The molecule has 1 atom stereocenters. The normalized spacial score (nSPS) is 18.6. The Kier molecular flexibility index (Phi) is 7.37. The third kappa shape index (κ3) is 3.88. The number of piperazine rings is 1. The Bertz CT molecular complexity index is 468. The van der Waals surface area contributed by atoms with E-state index in [1.165, 1.54) is 0 Å². The molecule has 0 saturated carbocycles. The number of halogens is 3. The van der Waals surface area contributed by atoms with Crippen LogP contribution in [0.25, 0.3) is 0 Å². The average Bonchev–Trinajstić information content (AvgIpc) is 2.88. The Hall–Kier alpha value is -0.390. The molecule has 0 unspecified atom stereocenters. The lowest BCUT2D eigenvalue weighted by atomic mass is 10.0. The Morgan fingerprint density at radius 3 is 2.43 bits per heavy atom. The zero-order valence-corrected chi connectivity index (χ0v) is 14.3. The second kappa shape index (κ2) is 8.30. The zero-order valence-electron chi connectivity index (χ0n) is 11.9. The molecule has 4 nitrogen and oxygen atoms in total. The quantitative estimate of drug-likeness (QED) is 0.902. The maximum absolute atomic E-state index is 6.42. The minimum Gasteiger partial charge on any atom is -0.454 e. The molecular formula is C14H21Cl3N2O2. The fraction of sp³-hybridized carbons (Fsp3) is 0.571. The molecule has 2 aliphatic rings. The van der Waals surface area contributed by atoms with Gasteiger partial charge in [0, 0.05) is 43.3 Å². The van der Waals surface area contributed by atoms with Gasteiger partial charge in [-0.2, -0.15) is 0 Å². The predicted molar refractivity (Wildman–Crippen MR) is 89.5 cm³/mol. The number of hydrogen-bond donors (Lipinski definition) is 1. The third-order valence-electron chi connectivity index (χ3n) is 3.83. The third-order valence-corrected chi connectivity index (χ3v) is 4.16. The average molecular weight is 356 g/mol. The van der Waals surface area contributed by atoms with E-state index in [4.69, 9.17) is 21.1 Å². The topological polar surface area (TPSA) is 33.7 Å². The van der Waals surface area contributed by atoms with E-state index >= 15 is 0 Å². The maximum Gasteiger partial charge on any atom is 0.231 e. The van der Waals surface area contributed by atoms with E-state index in [1.54, 1.807) is 0 Å². The standard InChI is InChI=1S/C14H19ClN2O2.2ClH/c1-2-12(17-5-3-16-4-6-17)10-7-13-14(8-11(10)15)19-9-18-13;;/h7-8,12,16H,2-6,9H2,1H3;2*1H/t12-;;/m1../s1. The number of ether oxygens (including phenoxy) is 2. The number of nitrogens with one attached hydrogen (secondary N) is 1. The van der Waals surface area contributed by atoms with E-state index in [0.29, 0.717) is 12.8 Å². The van der Waals surface area contributed by atoms with Crippen molar-refractivity contribution in [3.05, 3.63) is 22.7 Å². The van der Waals surface area contributed by atoms with Crippen LogP contribution in [0.5, 0.6) is 11.5 Å². The lowest BCUT2D eigenvalue weighted by Crippen LogP contribution is -2.45. The van der Waals surface area contributed by atoms with Crippen LogP contribution in [-0.2, 0) is 0 Å². The Labute approximate surface area is 142 Å². The van der Waals surface area contributed by atoms with Gasteiger partial charge in [-0.25, -0.2) is 0 Å². The van der Waals surface area contributed by atoms with Crippen molar-refractivity contribution in [3.8, 4) is 11.5 Å². The molecule has 2 heterocycles. The van der Waals surface area contributed by atoms with Crippen molar-refractivity contribution in [2.24, 2.45) is 0 Å². The van der Waals surface area contributed by atoms with Crippen molar-refractivity contribution in [3.63, 3.8) is 0 Å². The molecular weight excluding hydrogens is 335 g/mol. The minimum absolute atomic E-state index is 0. The molecule has 1 saturated heterocycles. The highest BCUT2D eigenvalue weighted by Gasteiger charge is 2.25. The summed E-state index contributed by atoms with van der Waals surface area (Å²) >= 11 is 6.42. The van der Waals surface area contributed by atoms with Crippen LogP contribution < -0.4 is 14.8 Å². The van der Waals surface area contributed by atoms with Crippen molar-refractivity contribution in [2.45, 2.75) is 19.4 Å². The van der Waals surface area contributed by atoms with Crippen LogP contribution in [0, 0.1) is 0 Å². The maximum atomic E-state index is 6.42. The van der Waals surface area contributed by atoms with Crippen LogP contribution in [0.1, 0.15) is 24.9 Å². The van der Waals surface area contributed by atoms with Crippen molar-refractivity contribution >= 4 is 36.4 Å². The van der Waals surface area contributed by atoms with E-state index < -0.39 is 0 Å². The zero-order chi connectivity index (χ0) is 13.2. The summed E-state index contributed by atoms with van der Waals surface area (Å²) in [4.78, 5) is 2.49. The summed E-state index contributed by atoms with van der Waals surface area (Å²) in [5.41, 5.74) is 1.15. The van der Waals surface area contributed by atoms with Gasteiger partial charge in [0.25, 0.3) is 0 Å². The van der Waals surface area contributed by atoms with Crippen LogP contribution in [0.2, 0.25) is 5.02 Å².